The third-order valence-corrected chi connectivity index (χ3v) is 10.1. The topological polar surface area (TPSA) is 84.9 Å². The normalized spacial score (nSPS) is 52.5. The van der Waals surface area contributed by atoms with Crippen LogP contribution in [0, 0.1) is 34.0 Å². The second kappa shape index (κ2) is 6.55. The fraction of sp³-hybridized carbons (Fsp3) is 0.739. The van der Waals surface area contributed by atoms with Crippen molar-refractivity contribution in [3.05, 3.63) is 23.8 Å². The summed E-state index contributed by atoms with van der Waals surface area (Å²) < 4.78 is 12.5. The molecule has 30 heavy (non-hydrogen) atoms. The molecule has 0 radical (unpaired) electrons. The molecule has 7 heteroatoms. The maximum Gasteiger partial charge on any atom is 0.193 e. The summed E-state index contributed by atoms with van der Waals surface area (Å²) in [6, 6.07) is 0. The highest BCUT2D eigenvalue weighted by molar-refractivity contribution is 7.09. The van der Waals surface area contributed by atoms with Crippen molar-refractivity contribution >= 4 is 21.0 Å². The van der Waals surface area contributed by atoms with Crippen molar-refractivity contribution in [2.75, 3.05) is 13.2 Å². The summed E-state index contributed by atoms with van der Waals surface area (Å²) in [6.07, 6.45) is 7.84. The molecule has 0 spiro atoms. The number of hydroxylamine groups is 1. The lowest BCUT2D eigenvalue weighted by Gasteiger charge is -2.65. The second-order valence-electron chi connectivity index (χ2n) is 10.6. The summed E-state index contributed by atoms with van der Waals surface area (Å²) in [4.78, 5) is 31.6. The van der Waals surface area contributed by atoms with E-state index in [0.29, 0.717) is 13.0 Å². The van der Waals surface area contributed by atoms with Crippen LogP contribution in [0.15, 0.2) is 23.8 Å². The number of carbonyl (C=O) groups excluding carboxylic acids is 2. The first-order valence-electron chi connectivity index (χ1n) is 11.5. The van der Waals surface area contributed by atoms with Gasteiger partial charge in [0.05, 0.1) is 7.38 Å². The van der Waals surface area contributed by atoms with E-state index in [4.69, 9.17) is 10.6 Å². The maximum atomic E-state index is 13.4. The number of Topliss-reactive ketones (excluding diaryl/α,β-unsaturated/α-hetero) is 1. The molecule has 5 aliphatic rings. The highest BCUT2D eigenvalue weighted by atomic mass is 31.0. The Hall–Kier alpha value is -0.910. The van der Waals surface area contributed by atoms with Gasteiger partial charge >= 0.3 is 0 Å². The molecular weight excluding hydrogens is 401 g/mol. The molecule has 4 aliphatic carbocycles. The molecule has 9 atom stereocenters. The van der Waals surface area contributed by atoms with Crippen LogP contribution in [0.4, 0.5) is 0 Å². The molecule has 5 rings (SSSR count). The van der Waals surface area contributed by atoms with Crippen LogP contribution >= 0.6 is 9.41 Å². The first-order valence-corrected chi connectivity index (χ1v) is 11.4. The van der Waals surface area contributed by atoms with Crippen LogP contribution in [-0.2, 0) is 19.0 Å². The van der Waals surface area contributed by atoms with Crippen molar-refractivity contribution in [1.82, 2.24) is 5.48 Å². The number of hydrogen-bond acceptors (Lipinski definition) is 6. The van der Waals surface area contributed by atoms with Crippen molar-refractivity contribution in [3.8, 4) is 0 Å². The molecule has 164 valence electrons. The molecule has 3 saturated carbocycles. The Morgan fingerprint density at radius 1 is 1.43 bits per heavy atom. The summed E-state index contributed by atoms with van der Waals surface area (Å²) in [7, 11) is -0.496. The van der Waals surface area contributed by atoms with Crippen molar-refractivity contribution in [2.24, 2.45) is 34.0 Å². The van der Waals surface area contributed by atoms with Gasteiger partial charge in [-0.1, -0.05) is 32.4 Å². The molecule has 1 aliphatic heterocycles. The minimum absolute atomic E-state index is 0.0236. The average Bonchev–Trinajstić information content (AvgIpc) is 3.25. The lowest BCUT2D eigenvalue weighted by molar-refractivity contribution is -0.220. The first-order chi connectivity index (χ1) is 14.6. The van der Waals surface area contributed by atoms with Gasteiger partial charge in [-0.05, 0) is 49.7 Å². The molecule has 0 aromatic rings. The van der Waals surface area contributed by atoms with E-state index < -0.39 is 31.9 Å². The summed E-state index contributed by atoms with van der Waals surface area (Å²) in [5.74, 6) is 0.363. The third-order valence-electron chi connectivity index (χ3n) is 9.93. The fourth-order valence-electron chi connectivity index (χ4n) is 8.25. The summed E-state index contributed by atoms with van der Waals surface area (Å²) in [5.41, 5.74) is 1.73. The van der Waals surface area contributed by atoms with Crippen LogP contribution in [0.1, 0.15) is 46.5 Å². The Bertz CT molecular complexity index is 893. The molecule has 0 bridgehead atoms. The molecule has 1 heterocycles. The number of aliphatic hydroxyl groups is 1. The van der Waals surface area contributed by atoms with Gasteiger partial charge in [0.1, 0.15) is 6.61 Å². The minimum atomic E-state index is -1.03. The summed E-state index contributed by atoms with van der Waals surface area (Å²) in [6.45, 7) is 6.94. The van der Waals surface area contributed by atoms with Gasteiger partial charge in [0.15, 0.2) is 17.2 Å². The van der Waals surface area contributed by atoms with E-state index in [-0.39, 0.29) is 41.3 Å². The van der Waals surface area contributed by atoms with E-state index in [1.54, 1.807) is 12.2 Å². The van der Waals surface area contributed by atoms with Gasteiger partial charge in [-0.25, -0.2) is 5.48 Å². The standard InChI is InChI=1S/C23H32NO5P/c1-20-7-6-15(25)8-13(20)4-5-16-17-9-14-11-24-29-23(14,19(27)12-28-30)21(17,2)10-18(26)22(16,20)3/h6-8,14,16-18,24,26H,4-5,9-12,30H2,1-3H3/t14-,16-,17-,18-,20-,21-,22+,23-/m0/s1/i30T/t14-,16-,17-,18-,20-,21-,22+,23-,30?. The number of carbonyl (C=O) groups is 2. The van der Waals surface area contributed by atoms with Crippen LogP contribution in [0.25, 0.3) is 0 Å². The zero-order valence-corrected chi connectivity index (χ0v) is 18.9. The fourth-order valence-corrected chi connectivity index (χ4v) is 8.38. The Balaban J connectivity index is 1.58. The van der Waals surface area contributed by atoms with Gasteiger partial charge < -0.3 is 9.63 Å². The number of nitrogens with one attached hydrogen (secondary N) is 1. The minimum Gasteiger partial charge on any atom is -0.392 e. The van der Waals surface area contributed by atoms with Crippen LogP contribution < -0.4 is 5.48 Å². The zero-order valence-electron chi connectivity index (χ0n) is 18.9. The predicted molar refractivity (Wildman–Crippen MR) is 114 cm³/mol. The van der Waals surface area contributed by atoms with E-state index in [0.717, 1.165) is 24.8 Å². The number of ketones is 2. The van der Waals surface area contributed by atoms with E-state index in [2.05, 4.69) is 26.3 Å². The Labute approximate surface area is 181 Å². The summed E-state index contributed by atoms with van der Waals surface area (Å²) in [5, 5.41) is 11.7. The van der Waals surface area contributed by atoms with E-state index in [1.165, 1.54) is 0 Å². The molecule has 0 aromatic heterocycles. The number of rotatable bonds is 4. The highest BCUT2D eigenvalue weighted by Gasteiger charge is 2.76. The van der Waals surface area contributed by atoms with Gasteiger partial charge in [-0.2, -0.15) is 0 Å². The lowest BCUT2D eigenvalue weighted by atomic mass is 9.39. The molecule has 0 amide bonds. The largest absolute Gasteiger partial charge is 0.392 e. The van der Waals surface area contributed by atoms with E-state index >= 15 is 0 Å². The Morgan fingerprint density at radius 3 is 3.00 bits per heavy atom. The number of fused-ring (bicyclic) bond motifs is 7. The van der Waals surface area contributed by atoms with Crippen molar-refractivity contribution < 1.29 is 24.1 Å². The van der Waals surface area contributed by atoms with E-state index in [9.17, 15) is 14.7 Å². The number of hydrogen-bond donors (Lipinski definition) is 2. The molecule has 6 nitrogen and oxygen atoms in total. The SMILES string of the molecule is [3H]POCC(=O)[C@@]12ONC[C@@H]1C[C@H]1[C@@H]3CCC4=CC(=O)C=C[C@]4(C)[C@@]3(C)[C@@H](O)C[C@@]12C. The molecule has 0 aromatic carbocycles. The number of aliphatic hydroxyl groups excluding tert-OH is 1. The second-order valence-corrected chi connectivity index (χ2v) is 10.9. The summed E-state index contributed by atoms with van der Waals surface area (Å²) >= 11 is 0. The lowest BCUT2D eigenvalue weighted by Crippen LogP contribution is -2.66. The van der Waals surface area contributed by atoms with Crippen LogP contribution in [0.2, 0.25) is 0 Å². The zero-order chi connectivity index (χ0) is 22.2. The molecule has 1 unspecified atom stereocenters. The van der Waals surface area contributed by atoms with Gasteiger partial charge in [-0.15, -0.1) is 0 Å². The predicted octanol–water partition coefficient (Wildman–Crippen LogP) is 2.53. The van der Waals surface area contributed by atoms with Gasteiger partial charge in [-0.3, -0.25) is 14.4 Å². The smallest absolute Gasteiger partial charge is 0.193 e. The van der Waals surface area contributed by atoms with Crippen LogP contribution in [0.5, 0.6) is 0 Å². The quantitative estimate of drug-likeness (QED) is 0.661. The van der Waals surface area contributed by atoms with Crippen molar-refractivity contribution in [3.63, 3.8) is 0 Å². The van der Waals surface area contributed by atoms with Crippen LogP contribution in [-0.4, -0.2) is 42.8 Å². The highest BCUT2D eigenvalue weighted by Crippen LogP contribution is 2.73. The monoisotopic (exact) mass is 435 g/mol. The van der Waals surface area contributed by atoms with Crippen LogP contribution in [0.3, 0.4) is 0 Å². The maximum absolute atomic E-state index is 13.4. The van der Waals surface area contributed by atoms with Gasteiger partial charge in [0.25, 0.3) is 0 Å². The van der Waals surface area contributed by atoms with Gasteiger partial charge in [0.2, 0.25) is 0 Å². The Morgan fingerprint density at radius 2 is 2.23 bits per heavy atom. The van der Waals surface area contributed by atoms with Gasteiger partial charge in [0, 0.05) is 38.1 Å². The van der Waals surface area contributed by atoms with E-state index in [1.807, 2.05) is 6.08 Å². The molecule has 4 fully saturated rings. The van der Waals surface area contributed by atoms with Crippen molar-refractivity contribution in [2.45, 2.75) is 58.2 Å². The molecule has 2 N–H and O–H groups in total. The molecule has 1 saturated heterocycles. The molecular formula is C23H32NO5P. The first kappa shape index (κ1) is 19.8. The average molecular weight is 435 g/mol. The number of allylic oxidation sites excluding steroid dienone is 4. The third kappa shape index (κ3) is 2.22. The van der Waals surface area contributed by atoms with Crippen molar-refractivity contribution in [1.29, 1.82) is 1.28 Å². The Kier molecular flexibility index (Phi) is 4.31.